The third kappa shape index (κ3) is 5.01. The molecule has 1 aromatic carbocycles. The smallest absolute Gasteiger partial charge is 0.269 e. The third-order valence-electron chi connectivity index (χ3n) is 4.45. The minimum absolute atomic E-state index is 0.0765. The van der Waals surface area contributed by atoms with Gasteiger partial charge in [-0.05, 0) is 50.1 Å². The molecule has 1 fully saturated rings. The molecule has 0 bridgehead atoms. The summed E-state index contributed by atoms with van der Waals surface area (Å²) >= 11 is 0. The normalized spacial score (nSPS) is 21.4. The van der Waals surface area contributed by atoms with Gasteiger partial charge >= 0.3 is 0 Å². The summed E-state index contributed by atoms with van der Waals surface area (Å²) in [7, 11) is 0. The molecule has 1 aliphatic carbocycles. The van der Waals surface area contributed by atoms with Crippen LogP contribution in [0.25, 0.3) is 0 Å². The molecule has 0 spiro atoms. The van der Waals surface area contributed by atoms with Crippen molar-refractivity contribution < 1.29 is 28.7 Å². The maximum absolute atomic E-state index is 13.0. The average Bonchev–Trinajstić information content (AvgIpc) is 3.42. The van der Waals surface area contributed by atoms with Crippen molar-refractivity contribution in [3.63, 3.8) is 0 Å². The fourth-order valence-corrected chi connectivity index (χ4v) is 2.45. The van der Waals surface area contributed by atoms with Gasteiger partial charge in [-0.3, -0.25) is 14.8 Å². The molecule has 0 saturated heterocycles. The van der Waals surface area contributed by atoms with Gasteiger partial charge in [-0.25, -0.2) is 14.3 Å². The van der Waals surface area contributed by atoms with Crippen LogP contribution in [0.3, 0.4) is 0 Å². The van der Waals surface area contributed by atoms with E-state index >= 15 is 0 Å². The van der Waals surface area contributed by atoms with Gasteiger partial charge < -0.3 is 16.2 Å². The van der Waals surface area contributed by atoms with Crippen molar-refractivity contribution in [2.24, 2.45) is 17.6 Å². The van der Waals surface area contributed by atoms with Crippen molar-refractivity contribution in [1.29, 1.82) is 0 Å². The molecule has 7 nitrogen and oxygen atoms in total. The van der Waals surface area contributed by atoms with Gasteiger partial charge in [0, 0.05) is 17.0 Å². The highest BCUT2D eigenvalue weighted by Crippen LogP contribution is 2.36. The summed E-state index contributed by atoms with van der Waals surface area (Å²) in [4.78, 5) is 23.8. The van der Waals surface area contributed by atoms with Crippen molar-refractivity contribution in [1.82, 2.24) is 10.8 Å². The minimum Gasteiger partial charge on any atom is -0.381 e. The Morgan fingerprint density at radius 2 is 2.00 bits per heavy atom. The van der Waals surface area contributed by atoms with Crippen LogP contribution < -0.4 is 16.5 Å². The fraction of sp³-hybridized carbons (Fsp3) is 0.444. The molecule has 0 heterocycles. The second kappa shape index (κ2) is 8.43. The van der Waals surface area contributed by atoms with E-state index < -0.39 is 29.9 Å². The number of hydrogen-bond donors (Lipinski definition) is 5. The Hall–Kier alpha value is -2.54. The summed E-state index contributed by atoms with van der Waals surface area (Å²) in [6.07, 6.45) is -2.36. The molecule has 1 aliphatic rings. The topological polar surface area (TPSA) is 125 Å². The van der Waals surface area contributed by atoms with Crippen LogP contribution in [-0.4, -0.2) is 46.7 Å². The van der Waals surface area contributed by atoms with E-state index in [-0.39, 0.29) is 11.5 Å². The first-order chi connectivity index (χ1) is 12.7. The quantitative estimate of drug-likeness (QED) is 0.275. The molecule has 1 saturated carbocycles. The highest BCUT2D eigenvalue weighted by atomic mass is 19.3. The van der Waals surface area contributed by atoms with Gasteiger partial charge in [-0.1, -0.05) is 11.8 Å². The first-order valence-electron chi connectivity index (χ1n) is 8.27. The maximum atomic E-state index is 13.0. The molecule has 0 aromatic heterocycles. The molecule has 2 rings (SSSR count). The van der Waals surface area contributed by atoms with Crippen molar-refractivity contribution in [2.45, 2.75) is 31.4 Å². The van der Waals surface area contributed by atoms with E-state index in [0.717, 1.165) is 11.9 Å². The summed E-state index contributed by atoms with van der Waals surface area (Å²) in [6.45, 7) is 1.28. The van der Waals surface area contributed by atoms with E-state index in [1.54, 1.807) is 12.1 Å². The molecule has 146 valence electrons. The van der Waals surface area contributed by atoms with Crippen LogP contribution >= 0.6 is 0 Å². The van der Waals surface area contributed by atoms with E-state index in [1.165, 1.54) is 12.1 Å². The van der Waals surface area contributed by atoms with Gasteiger partial charge in [0.15, 0.2) is 5.60 Å². The lowest BCUT2D eigenvalue weighted by Crippen LogP contribution is -2.61. The zero-order chi connectivity index (χ0) is 20.2. The van der Waals surface area contributed by atoms with E-state index in [2.05, 4.69) is 11.8 Å². The van der Waals surface area contributed by atoms with Gasteiger partial charge in [0.2, 0.25) is 0 Å². The highest BCUT2D eigenvalue weighted by Gasteiger charge is 2.46. The number of alkyl halides is 2. The Kier molecular flexibility index (Phi) is 6.49. The molecule has 4 atom stereocenters. The number of nitrogens with one attached hydrogen (secondary N) is 2. The van der Waals surface area contributed by atoms with Gasteiger partial charge in [0.1, 0.15) is 6.04 Å². The van der Waals surface area contributed by atoms with E-state index in [1.807, 2.05) is 5.32 Å². The summed E-state index contributed by atoms with van der Waals surface area (Å²) in [6, 6.07) is 3.93. The molecule has 0 aliphatic heterocycles. The van der Waals surface area contributed by atoms with Crippen LogP contribution in [0.2, 0.25) is 0 Å². The Labute approximate surface area is 154 Å². The number of carbonyl (C=O) groups is 2. The molecule has 6 N–H and O–H groups in total. The lowest BCUT2D eigenvalue weighted by molar-refractivity contribution is -0.149. The fourth-order valence-electron chi connectivity index (χ4n) is 2.45. The van der Waals surface area contributed by atoms with E-state index in [0.29, 0.717) is 24.9 Å². The van der Waals surface area contributed by atoms with Crippen LogP contribution in [0.4, 0.5) is 8.78 Å². The predicted molar refractivity (Wildman–Crippen MR) is 91.8 cm³/mol. The zero-order valence-corrected chi connectivity index (χ0v) is 14.6. The summed E-state index contributed by atoms with van der Waals surface area (Å²) in [5.74, 6) is 4.54. The van der Waals surface area contributed by atoms with E-state index in [4.69, 9.17) is 10.9 Å². The first kappa shape index (κ1) is 20.8. The Morgan fingerprint density at radius 1 is 1.37 bits per heavy atom. The highest BCUT2D eigenvalue weighted by molar-refractivity contribution is 5.97. The molecule has 9 heteroatoms. The van der Waals surface area contributed by atoms with Gasteiger partial charge in [0.05, 0.1) is 0 Å². The average molecular weight is 381 g/mol. The van der Waals surface area contributed by atoms with Crippen LogP contribution in [-0.2, 0) is 4.79 Å². The maximum Gasteiger partial charge on any atom is 0.269 e. The number of rotatable bonds is 6. The number of carbonyl (C=O) groups excluding carboxylic acids is 2. The Morgan fingerprint density at radius 3 is 2.48 bits per heavy atom. The number of halogens is 2. The van der Waals surface area contributed by atoms with Crippen molar-refractivity contribution >= 4 is 11.8 Å². The lowest BCUT2D eigenvalue weighted by Gasteiger charge is -2.30. The molecular formula is C18H21F2N3O4. The standard InChI is InChI=1S/C18H21F2N3O4/c1-18(26,17(19)20)14(16(25)23-27)22-15(24)11-5-2-10(3-6-11)4-7-12-8-13(12)9-21/h2-3,5-6,12-14,17,26-27H,8-9,21H2,1H3,(H,22,24)(H,23,25)/t12?,13?,14-,18+/m1/s1. The van der Waals surface area contributed by atoms with E-state index in [9.17, 15) is 23.5 Å². The number of benzene rings is 1. The molecule has 27 heavy (non-hydrogen) atoms. The van der Waals surface area contributed by atoms with Crippen LogP contribution in [0.5, 0.6) is 0 Å². The second-order valence-electron chi connectivity index (χ2n) is 6.59. The minimum atomic E-state index is -3.34. The summed E-state index contributed by atoms with van der Waals surface area (Å²) in [5.41, 5.74) is 4.57. The second-order valence-corrected chi connectivity index (χ2v) is 6.59. The van der Waals surface area contributed by atoms with Gasteiger partial charge in [-0.2, -0.15) is 0 Å². The first-order valence-corrected chi connectivity index (χ1v) is 8.27. The molecule has 0 radical (unpaired) electrons. The SMILES string of the molecule is C[C@@](O)(C(F)F)[C@H](NC(=O)c1ccc(C#CC2CC2CN)cc1)C(=O)NO. The van der Waals surface area contributed by atoms with Gasteiger partial charge in [0.25, 0.3) is 18.2 Å². The molecule has 2 amide bonds. The summed E-state index contributed by atoms with van der Waals surface area (Å²) < 4.78 is 26.0. The monoisotopic (exact) mass is 381 g/mol. The largest absolute Gasteiger partial charge is 0.381 e. The Bertz CT molecular complexity index is 756. The van der Waals surface area contributed by atoms with Crippen molar-refractivity contribution in [3.05, 3.63) is 35.4 Å². The molecule has 2 unspecified atom stereocenters. The Balaban J connectivity index is 2.08. The predicted octanol–water partition coefficient (Wildman–Crippen LogP) is 0.253. The summed E-state index contributed by atoms with van der Waals surface area (Å²) in [5, 5.41) is 20.5. The number of hydrogen-bond acceptors (Lipinski definition) is 5. The number of hydroxylamine groups is 1. The zero-order valence-electron chi connectivity index (χ0n) is 14.6. The number of nitrogens with two attached hydrogens (primary N) is 1. The van der Waals surface area contributed by atoms with Crippen molar-refractivity contribution in [2.75, 3.05) is 6.54 Å². The van der Waals surface area contributed by atoms with Crippen molar-refractivity contribution in [3.8, 4) is 11.8 Å². The molecular weight excluding hydrogens is 360 g/mol. The van der Waals surface area contributed by atoms with Crippen LogP contribution in [0.1, 0.15) is 29.3 Å². The molecule has 1 aromatic rings. The van der Waals surface area contributed by atoms with Crippen LogP contribution in [0, 0.1) is 23.7 Å². The third-order valence-corrected chi connectivity index (χ3v) is 4.45. The number of aliphatic hydroxyl groups is 1. The van der Waals surface area contributed by atoms with Crippen LogP contribution in [0.15, 0.2) is 24.3 Å². The lowest BCUT2D eigenvalue weighted by atomic mass is 9.95. The van der Waals surface area contributed by atoms with Gasteiger partial charge in [-0.15, -0.1) is 0 Å². The number of amides is 2.